The summed E-state index contributed by atoms with van der Waals surface area (Å²) in [6.07, 6.45) is 3.69. The van der Waals surface area contributed by atoms with E-state index >= 15 is 0 Å². The Bertz CT molecular complexity index is 746. The Balaban J connectivity index is 1.76. The van der Waals surface area contributed by atoms with Gasteiger partial charge in [0.1, 0.15) is 18.2 Å². The number of rotatable bonds is 7. The Labute approximate surface area is 143 Å². The fourth-order valence-corrected chi connectivity index (χ4v) is 2.86. The van der Waals surface area contributed by atoms with Crippen molar-refractivity contribution >= 4 is 17.2 Å². The van der Waals surface area contributed by atoms with Crippen molar-refractivity contribution in [3.05, 3.63) is 41.9 Å². The smallest absolute Gasteiger partial charge is 0.136 e. The molecule has 1 aromatic heterocycles. The molecule has 24 heavy (non-hydrogen) atoms. The second kappa shape index (κ2) is 7.62. The van der Waals surface area contributed by atoms with Crippen LogP contribution in [-0.2, 0) is 22.6 Å². The number of hydrogen-bond donors (Lipinski definition) is 0. The largest absolute Gasteiger partial charge is 0.493 e. The van der Waals surface area contributed by atoms with Crippen molar-refractivity contribution in [1.29, 1.82) is 0 Å². The molecule has 0 N–H and O–H groups in total. The molecule has 0 aliphatic carbocycles. The third-order valence-electron chi connectivity index (χ3n) is 3.87. The summed E-state index contributed by atoms with van der Waals surface area (Å²) in [5, 5.41) is 0. The molecule has 2 aromatic rings. The number of aliphatic imine (C=N–C) groups is 1. The molecule has 1 aliphatic heterocycles. The quantitative estimate of drug-likeness (QED) is 0.781. The van der Waals surface area contributed by atoms with Gasteiger partial charge in [0.15, 0.2) is 0 Å². The van der Waals surface area contributed by atoms with Crippen molar-refractivity contribution in [1.82, 2.24) is 9.55 Å². The number of dihydropyridines is 1. The van der Waals surface area contributed by atoms with Crippen LogP contribution in [0.2, 0.25) is 0 Å². The number of benzene rings is 1. The van der Waals surface area contributed by atoms with E-state index in [4.69, 9.17) is 14.5 Å². The maximum atomic E-state index is 6.04. The van der Waals surface area contributed by atoms with Crippen LogP contribution in [0.4, 0.5) is 0 Å². The maximum Gasteiger partial charge on any atom is 0.136 e. The number of allylic oxidation sites excluding steroid dienone is 1. The third kappa shape index (κ3) is 3.85. The van der Waals surface area contributed by atoms with Crippen molar-refractivity contribution in [2.75, 3.05) is 13.2 Å². The normalized spacial score (nSPS) is 17.5. The minimum Gasteiger partial charge on any atom is -0.493 e. The first-order chi connectivity index (χ1) is 11.7. The standard InChI is InChI=1S/C19H25N3O2/c1-4-23-15-9-16(11-20-10-15)24-13-19-21-17-7-5-6-8-18(17)22(19)12-14(2)3/h5-10,14,16H,4,11-13H2,1-3H3. The molecule has 1 aromatic carbocycles. The van der Waals surface area contributed by atoms with Crippen LogP contribution in [0, 0.1) is 5.92 Å². The van der Waals surface area contributed by atoms with Crippen LogP contribution < -0.4 is 0 Å². The molecule has 128 valence electrons. The molecule has 0 radical (unpaired) electrons. The van der Waals surface area contributed by atoms with E-state index in [0.29, 0.717) is 25.7 Å². The van der Waals surface area contributed by atoms with Gasteiger partial charge in [0.2, 0.25) is 0 Å². The summed E-state index contributed by atoms with van der Waals surface area (Å²) in [5.41, 5.74) is 2.18. The van der Waals surface area contributed by atoms with Crippen LogP contribution in [0.25, 0.3) is 11.0 Å². The Hall–Kier alpha value is -2.14. The molecule has 0 fully saturated rings. The first-order valence-corrected chi connectivity index (χ1v) is 8.57. The third-order valence-corrected chi connectivity index (χ3v) is 3.87. The molecule has 0 amide bonds. The Morgan fingerprint density at radius 3 is 2.92 bits per heavy atom. The molecule has 1 atom stereocenters. The van der Waals surface area contributed by atoms with Gasteiger partial charge in [-0.3, -0.25) is 4.99 Å². The Morgan fingerprint density at radius 1 is 1.29 bits per heavy atom. The van der Waals surface area contributed by atoms with E-state index in [9.17, 15) is 0 Å². The lowest BCUT2D eigenvalue weighted by Crippen LogP contribution is -2.20. The van der Waals surface area contributed by atoms with Gasteiger partial charge in [0.25, 0.3) is 0 Å². The zero-order valence-corrected chi connectivity index (χ0v) is 14.6. The lowest BCUT2D eigenvalue weighted by atomic mass is 10.2. The average Bonchev–Trinajstić information content (AvgIpc) is 2.91. The van der Waals surface area contributed by atoms with Gasteiger partial charge in [-0.25, -0.2) is 4.98 Å². The van der Waals surface area contributed by atoms with E-state index in [-0.39, 0.29) is 6.10 Å². The lowest BCUT2D eigenvalue weighted by molar-refractivity contribution is 0.0671. The van der Waals surface area contributed by atoms with Crippen LogP contribution >= 0.6 is 0 Å². The number of para-hydroxylation sites is 2. The molecule has 0 bridgehead atoms. The molecule has 0 saturated carbocycles. The zero-order valence-electron chi connectivity index (χ0n) is 14.6. The molecule has 0 saturated heterocycles. The van der Waals surface area contributed by atoms with Gasteiger partial charge in [0.05, 0.1) is 36.5 Å². The first-order valence-electron chi connectivity index (χ1n) is 8.57. The Morgan fingerprint density at radius 2 is 2.12 bits per heavy atom. The number of imidazole rings is 1. The highest BCUT2D eigenvalue weighted by molar-refractivity contribution is 5.77. The van der Waals surface area contributed by atoms with E-state index in [0.717, 1.165) is 29.2 Å². The highest BCUT2D eigenvalue weighted by Gasteiger charge is 2.16. The molecule has 1 unspecified atom stereocenters. The van der Waals surface area contributed by atoms with Gasteiger partial charge in [-0.15, -0.1) is 0 Å². The van der Waals surface area contributed by atoms with Crippen molar-refractivity contribution in [2.24, 2.45) is 10.9 Å². The average molecular weight is 327 g/mol. The number of ether oxygens (including phenoxy) is 2. The van der Waals surface area contributed by atoms with Crippen LogP contribution in [-0.4, -0.2) is 35.0 Å². The number of aromatic nitrogens is 2. The Kier molecular flexibility index (Phi) is 5.30. The molecule has 5 heteroatoms. The number of hydrogen-bond acceptors (Lipinski definition) is 4. The predicted molar refractivity (Wildman–Crippen MR) is 96.2 cm³/mol. The van der Waals surface area contributed by atoms with Crippen LogP contribution in [0.3, 0.4) is 0 Å². The zero-order chi connectivity index (χ0) is 16.9. The van der Waals surface area contributed by atoms with E-state index in [1.807, 2.05) is 25.1 Å². The van der Waals surface area contributed by atoms with Crippen molar-refractivity contribution in [2.45, 2.75) is 40.0 Å². The topological polar surface area (TPSA) is 48.6 Å². The number of nitrogens with zero attached hydrogens (tertiary/aromatic N) is 3. The second-order valence-corrected chi connectivity index (χ2v) is 6.37. The molecule has 3 rings (SSSR count). The van der Waals surface area contributed by atoms with Crippen LogP contribution in [0.1, 0.15) is 26.6 Å². The van der Waals surface area contributed by atoms with Gasteiger partial charge in [-0.05, 0) is 31.1 Å². The highest BCUT2D eigenvalue weighted by Crippen LogP contribution is 2.19. The monoisotopic (exact) mass is 327 g/mol. The van der Waals surface area contributed by atoms with E-state index in [1.54, 1.807) is 6.21 Å². The minimum atomic E-state index is -0.0659. The predicted octanol–water partition coefficient (Wildman–Crippen LogP) is 3.58. The molecule has 1 aliphatic rings. The van der Waals surface area contributed by atoms with E-state index in [1.165, 1.54) is 0 Å². The SMILES string of the molecule is CCOC1=CC(OCc2nc3ccccc3n2CC(C)C)CN=C1. The molecular weight excluding hydrogens is 302 g/mol. The van der Waals surface area contributed by atoms with Gasteiger partial charge < -0.3 is 14.0 Å². The highest BCUT2D eigenvalue weighted by atomic mass is 16.5. The molecule has 5 nitrogen and oxygen atoms in total. The first kappa shape index (κ1) is 16.7. The molecule has 2 heterocycles. The lowest BCUT2D eigenvalue weighted by Gasteiger charge is -2.18. The van der Waals surface area contributed by atoms with E-state index in [2.05, 4.69) is 35.5 Å². The summed E-state index contributed by atoms with van der Waals surface area (Å²) in [6, 6.07) is 8.24. The fourth-order valence-electron chi connectivity index (χ4n) is 2.86. The summed E-state index contributed by atoms with van der Waals surface area (Å²) in [7, 11) is 0. The second-order valence-electron chi connectivity index (χ2n) is 6.37. The van der Waals surface area contributed by atoms with Crippen molar-refractivity contribution in [3.8, 4) is 0 Å². The summed E-state index contributed by atoms with van der Waals surface area (Å²) < 4.78 is 13.8. The van der Waals surface area contributed by atoms with Gasteiger partial charge in [-0.2, -0.15) is 0 Å². The maximum absolute atomic E-state index is 6.04. The summed E-state index contributed by atoms with van der Waals surface area (Å²) in [5.74, 6) is 2.29. The van der Waals surface area contributed by atoms with Gasteiger partial charge >= 0.3 is 0 Å². The fraction of sp³-hybridized carbons (Fsp3) is 0.474. The molecular formula is C19H25N3O2. The van der Waals surface area contributed by atoms with Gasteiger partial charge in [-0.1, -0.05) is 26.0 Å². The van der Waals surface area contributed by atoms with Crippen LogP contribution in [0.15, 0.2) is 41.1 Å². The summed E-state index contributed by atoms with van der Waals surface area (Å²) in [4.78, 5) is 9.07. The summed E-state index contributed by atoms with van der Waals surface area (Å²) in [6.45, 7) is 9.06. The van der Waals surface area contributed by atoms with E-state index < -0.39 is 0 Å². The van der Waals surface area contributed by atoms with Crippen molar-refractivity contribution in [3.63, 3.8) is 0 Å². The van der Waals surface area contributed by atoms with Crippen molar-refractivity contribution < 1.29 is 9.47 Å². The summed E-state index contributed by atoms with van der Waals surface area (Å²) >= 11 is 0. The minimum absolute atomic E-state index is 0.0659. The molecule has 0 spiro atoms. The number of fused-ring (bicyclic) bond motifs is 1. The van der Waals surface area contributed by atoms with Gasteiger partial charge in [0, 0.05) is 6.54 Å². The van der Waals surface area contributed by atoms with Crippen LogP contribution in [0.5, 0.6) is 0 Å².